The molecule has 7 heteroatoms. The zero-order chi connectivity index (χ0) is 21.1. The summed E-state index contributed by atoms with van der Waals surface area (Å²) >= 11 is 0. The van der Waals surface area contributed by atoms with Crippen molar-refractivity contribution in [2.24, 2.45) is 11.7 Å². The van der Waals surface area contributed by atoms with E-state index in [9.17, 15) is 14.4 Å². The van der Waals surface area contributed by atoms with E-state index in [4.69, 9.17) is 5.73 Å². The van der Waals surface area contributed by atoms with Gasteiger partial charge in [0.1, 0.15) is 0 Å². The van der Waals surface area contributed by atoms with Crippen molar-refractivity contribution in [3.05, 3.63) is 53.6 Å². The second kappa shape index (κ2) is 8.57. The number of carbonyl (C=O) groups excluding carboxylic acids is 3. The van der Waals surface area contributed by atoms with Crippen LogP contribution in [0.5, 0.6) is 0 Å². The summed E-state index contributed by atoms with van der Waals surface area (Å²) in [5, 5.41) is 5.86. The summed E-state index contributed by atoms with van der Waals surface area (Å²) < 4.78 is 0. The number of nitrogens with one attached hydrogen (secondary N) is 2. The molecule has 1 fully saturated rings. The Morgan fingerprint density at radius 1 is 1.13 bits per heavy atom. The van der Waals surface area contributed by atoms with Crippen molar-refractivity contribution in [2.75, 3.05) is 28.6 Å². The molecular weight excluding hydrogens is 380 g/mol. The van der Waals surface area contributed by atoms with E-state index >= 15 is 0 Å². The molecule has 1 atom stereocenters. The van der Waals surface area contributed by atoms with Crippen LogP contribution in [-0.2, 0) is 16.0 Å². The van der Waals surface area contributed by atoms with Gasteiger partial charge in [0.2, 0.25) is 17.7 Å². The molecule has 0 aliphatic carbocycles. The standard InChI is InChI=1S/C23H26N4O3/c24-22(29)16-7-9-20(27-11-3-4-12-27)19(14-16)25-21(28)10-8-17-13-15-5-1-2-6-18(15)26-23(17)30/h1-2,5-7,9,14,17H,3-4,8,10-13H2,(H2,24,29)(H,25,28)(H,26,30). The number of anilines is 3. The zero-order valence-corrected chi connectivity index (χ0v) is 16.8. The minimum absolute atomic E-state index is 0.0463. The van der Waals surface area contributed by atoms with Crippen molar-refractivity contribution in [3.63, 3.8) is 0 Å². The van der Waals surface area contributed by atoms with E-state index in [1.807, 2.05) is 30.3 Å². The molecule has 1 saturated heterocycles. The normalized spacial score (nSPS) is 17.9. The van der Waals surface area contributed by atoms with Crippen LogP contribution in [0.4, 0.5) is 17.1 Å². The van der Waals surface area contributed by atoms with Gasteiger partial charge < -0.3 is 21.3 Å². The van der Waals surface area contributed by atoms with Crippen LogP contribution in [0.1, 0.15) is 41.6 Å². The van der Waals surface area contributed by atoms with Crippen LogP contribution >= 0.6 is 0 Å². The minimum atomic E-state index is -0.531. The molecule has 1 unspecified atom stereocenters. The topological polar surface area (TPSA) is 105 Å². The summed E-state index contributed by atoms with van der Waals surface area (Å²) in [7, 11) is 0. The molecule has 2 aromatic rings. The number of nitrogens with zero attached hydrogens (tertiary/aromatic N) is 1. The van der Waals surface area contributed by atoms with Crippen LogP contribution in [0.3, 0.4) is 0 Å². The number of hydrogen-bond acceptors (Lipinski definition) is 4. The van der Waals surface area contributed by atoms with E-state index in [0.29, 0.717) is 24.1 Å². The third kappa shape index (κ3) is 4.30. The fraction of sp³-hybridized carbons (Fsp3) is 0.348. The van der Waals surface area contributed by atoms with Crippen molar-refractivity contribution >= 4 is 34.8 Å². The number of amides is 3. The van der Waals surface area contributed by atoms with Gasteiger partial charge in [-0.05, 0) is 55.5 Å². The average Bonchev–Trinajstić information content (AvgIpc) is 3.26. The number of rotatable bonds is 6. The summed E-state index contributed by atoms with van der Waals surface area (Å²) in [6, 6.07) is 12.9. The molecule has 2 aliphatic heterocycles. The summed E-state index contributed by atoms with van der Waals surface area (Å²) in [4.78, 5) is 38.8. The summed E-state index contributed by atoms with van der Waals surface area (Å²) in [5.74, 6) is -0.990. The first kappa shape index (κ1) is 19.9. The Morgan fingerprint density at radius 2 is 1.90 bits per heavy atom. The predicted molar refractivity (Wildman–Crippen MR) is 117 cm³/mol. The number of primary amides is 1. The fourth-order valence-electron chi connectivity index (χ4n) is 4.19. The second-order valence-corrected chi connectivity index (χ2v) is 7.92. The molecule has 156 valence electrons. The molecule has 7 nitrogen and oxygen atoms in total. The number of para-hydroxylation sites is 1. The zero-order valence-electron chi connectivity index (χ0n) is 16.8. The third-order valence-corrected chi connectivity index (χ3v) is 5.83. The predicted octanol–water partition coefficient (Wildman–Crippen LogP) is 2.92. The van der Waals surface area contributed by atoms with Gasteiger partial charge in [-0.15, -0.1) is 0 Å². The lowest BCUT2D eigenvalue weighted by Gasteiger charge is -2.25. The fourth-order valence-corrected chi connectivity index (χ4v) is 4.19. The van der Waals surface area contributed by atoms with Crippen molar-refractivity contribution in [1.82, 2.24) is 0 Å². The average molecular weight is 406 g/mol. The maximum atomic E-state index is 12.7. The van der Waals surface area contributed by atoms with E-state index in [-0.39, 0.29) is 24.2 Å². The van der Waals surface area contributed by atoms with Crippen LogP contribution in [0.25, 0.3) is 0 Å². The Morgan fingerprint density at radius 3 is 2.67 bits per heavy atom. The molecule has 0 bridgehead atoms. The van der Waals surface area contributed by atoms with Crippen molar-refractivity contribution in [3.8, 4) is 0 Å². The number of benzene rings is 2. The van der Waals surface area contributed by atoms with Crippen LogP contribution in [0.15, 0.2) is 42.5 Å². The maximum Gasteiger partial charge on any atom is 0.248 e. The molecule has 0 aromatic heterocycles. The molecule has 2 aliphatic rings. The van der Waals surface area contributed by atoms with Gasteiger partial charge in [0.15, 0.2) is 0 Å². The van der Waals surface area contributed by atoms with Gasteiger partial charge in [0, 0.05) is 36.7 Å². The summed E-state index contributed by atoms with van der Waals surface area (Å²) in [6.07, 6.45) is 3.51. The van der Waals surface area contributed by atoms with Crippen LogP contribution < -0.4 is 21.3 Å². The highest BCUT2D eigenvalue weighted by Crippen LogP contribution is 2.31. The first-order valence-corrected chi connectivity index (χ1v) is 10.4. The smallest absolute Gasteiger partial charge is 0.248 e. The van der Waals surface area contributed by atoms with Gasteiger partial charge in [-0.2, -0.15) is 0 Å². The summed E-state index contributed by atoms with van der Waals surface area (Å²) in [6.45, 7) is 1.83. The van der Waals surface area contributed by atoms with Gasteiger partial charge in [-0.3, -0.25) is 14.4 Å². The Bertz CT molecular complexity index is 982. The van der Waals surface area contributed by atoms with Crippen LogP contribution in [0.2, 0.25) is 0 Å². The molecule has 0 saturated carbocycles. The van der Waals surface area contributed by atoms with Crippen molar-refractivity contribution in [1.29, 1.82) is 0 Å². The summed E-state index contributed by atoms with van der Waals surface area (Å²) in [5.41, 5.74) is 9.21. The monoisotopic (exact) mass is 406 g/mol. The van der Waals surface area contributed by atoms with E-state index in [2.05, 4.69) is 15.5 Å². The lowest BCUT2D eigenvalue weighted by Crippen LogP contribution is -2.30. The minimum Gasteiger partial charge on any atom is -0.370 e. The van der Waals surface area contributed by atoms with E-state index in [1.54, 1.807) is 12.1 Å². The lowest BCUT2D eigenvalue weighted by atomic mass is 9.89. The number of fused-ring (bicyclic) bond motifs is 1. The van der Waals surface area contributed by atoms with Crippen molar-refractivity contribution in [2.45, 2.75) is 32.1 Å². The molecule has 0 spiro atoms. The van der Waals surface area contributed by atoms with Gasteiger partial charge in [0.05, 0.1) is 11.4 Å². The third-order valence-electron chi connectivity index (χ3n) is 5.83. The molecule has 4 N–H and O–H groups in total. The molecule has 4 rings (SSSR count). The lowest BCUT2D eigenvalue weighted by molar-refractivity contribution is -0.121. The van der Waals surface area contributed by atoms with Crippen molar-refractivity contribution < 1.29 is 14.4 Å². The molecule has 2 aromatic carbocycles. The first-order chi connectivity index (χ1) is 14.5. The number of nitrogens with two attached hydrogens (primary N) is 1. The van der Waals surface area contributed by atoms with Crippen LogP contribution in [-0.4, -0.2) is 30.8 Å². The Labute approximate surface area is 175 Å². The van der Waals surface area contributed by atoms with Gasteiger partial charge in [-0.25, -0.2) is 0 Å². The SMILES string of the molecule is NC(=O)c1ccc(N2CCCC2)c(NC(=O)CCC2Cc3ccccc3NC2=O)c1. The second-order valence-electron chi connectivity index (χ2n) is 7.92. The Balaban J connectivity index is 1.43. The largest absolute Gasteiger partial charge is 0.370 e. The number of hydrogen-bond donors (Lipinski definition) is 3. The molecule has 30 heavy (non-hydrogen) atoms. The molecule has 0 radical (unpaired) electrons. The Hall–Kier alpha value is -3.35. The van der Waals surface area contributed by atoms with Gasteiger partial charge >= 0.3 is 0 Å². The van der Waals surface area contributed by atoms with Gasteiger partial charge in [-0.1, -0.05) is 18.2 Å². The number of carbonyl (C=O) groups is 3. The molecule has 2 heterocycles. The highest BCUT2D eigenvalue weighted by molar-refractivity contribution is 6.00. The Kier molecular flexibility index (Phi) is 5.70. The highest BCUT2D eigenvalue weighted by Gasteiger charge is 2.26. The first-order valence-electron chi connectivity index (χ1n) is 10.4. The van der Waals surface area contributed by atoms with E-state index in [1.165, 1.54) is 0 Å². The molecule has 3 amide bonds. The van der Waals surface area contributed by atoms with Crippen LogP contribution in [0, 0.1) is 5.92 Å². The molecular formula is C23H26N4O3. The van der Waals surface area contributed by atoms with E-state index < -0.39 is 5.91 Å². The highest BCUT2D eigenvalue weighted by atomic mass is 16.2. The van der Waals surface area contributed by atoms with E-state index in [0.717, 1.165) is 42.9 Å². The quantitative estimate of drug-likeness (QED) is 0.686. The maximum absolute atomic E-state index is 12.7. The van der Waals surface area contributed by atoms with Gasteiger partial charge in [0.25, 0.3) is 0 Å².